The summed E-state index contributed by atoms with van der Waals surface area (Å²) in [6, 6.07) is 8.14. The van der Waals surface area contributed by atoms with Crippen molar-refractivity contribution in [1.29, 1.82) is 0 Å². The number of thiophene rings is 1. The number of rotatable bonds is 6. The van der Waals surface area contributed by atoms with Gasteiger partial charge >= 0.3 is 0 Å². The number of hydrogen-bond donors (Lipinski definition) is 2. The summed E-state index contributed by atoms with van der Waals surface area (Å²) in [5.74, 6) is 1.89. The quantitative estimate of drug-likeness (QED) is 0.654. The van der Waals surface area contributed by atoms with E-state index in [1.165, 1.54) is 16.0 Å². The fourth-order valence-electron chi connectivity index (χ4n) is 3.99. The fourth-order valence-corrected chi connectivity index (χ4v) is 4.77. The largest absolute Gasteiger partial charge is 0.454 e. The summed E-state index contributed by atoms with van der Waals surface area (Å²) >= 11 is 1.74. The molecular formula is C22H22N2O3S. The minimum Gasteiger partial charge on any atom is -0.454 e. The average Bonchev–Trinajstić information content (AvgIpc) is 3.47. The topological polar surface area (TPSA) is 63.4 Å². The summed E-state index contributed by atoms with van der Waals surface area (Å²) in [6.45, 7) is 1.04. The highest BCUT2D eigenvalue weighted by Crippen LogP contribution is 2.37. The summed E-state index contributed by atoms with van der Waals surface area (Å²) < 4.78 is 10.9. The van der Waals surface area contributed by atoms with Gasteiger partial charge in [-0.3, -0.25) is 4.79 Å². The molecule has 0 bridgehead atoms. The number of aryl methyl sites for hydroxylation is 1. The highest BCUT2D eigenvalue weighted by Gasteiger charge is 2.23. The lowest BCUT2D eigenvalue weighted by Crippen LogP contribution is -2.39. The molecule has 0 saturated heterocycles. The lowest BCUT2D eigenvalue weighted by atomic mass is 9.94. The van der Waals surface area contributed by atoms with E-state index in [9.17, 15) is 4.79 Å². The van der Waals surface area contributed by atoms with E-state index in [0.29, 0.717) is 12.2 Å². The number of nitrogens with one attached hydrogen (secondary N) is 2. The molecule has 28 heavy (non-hydrogen) atoms. The number of ketones is 1. The van der Waals surface area contributed by atoms with Gasteiger partial charge in [0.15, 0.2) is 11.5 Å². The SMILES string of the molecule is O=C(CCCc1c[nH]c2cc3c(cc12)OCO3)C1CC(c2cccs2)=CCN1. The van der Waals surface area contributed by atoms with Crippen LogP contribution in [0.2, 0.25) is 0 Å². The van der Waals surface area contributed by atoms with Crippen LogP contribution < -0.4 is 14.8 Å². The Morgan fingerprint density at radius 3 is 3.00 bits per heavy atom. The Bertz CT molecular complexity index is 1040. The van der Waals surface area contributed by atoms with Crippen molar-refractivity contribution in [3.63, 3.8) is 0 Å². The number of Topliss-reactive ketones (excluding diaryl/α,β-unsaturated/α-hetero) is 1. The van der Waals surface area contributed by atoms with Crippen molar-refractivity contribution in [2.24, 2.45) is 0 Å². The first-order chi connectivity index (χ1) is 13.8. The van der Waals surface area contributed by atoms with Gasteiger partial charge in [-0.2, -0.15) is 0 Å². The zero-order valence-corrected chi connectivity index (χ0v) is 16.3. The van der Waals surface area contributed by atoms with Gasteiger partial charge < -0.3 is 19.8 Å². The summed E-state index contributed by atoms with van der Waals surface area (Å²) in [5.41, 5.74) is 3.56. The van der Waals surface area contributed by atoms with Gasteiger partial charge in [0.25, 0.3) is 0 Å². The van der Waals surface area contributed by atoms with Crippen molar-refractivity contribution in [3.8, 4) is 11.5 Å². The average molecular weight is 394 g/mol. The molecule has 0 saturated carbocycles. The van der Waals surface area contributed by atoms with E-state index >= 15 is 0 Å². The lowest BCUT2D eigenvalue weighted by molar-refractivity contribution is -0.121. The maximum atomic E-state index is 12.7. The molecule has 5 nitrogen and oxygen atoms in total. The first-order valence-electron chi connectivity index (χ1n) is 9.66. The predicted molar refractivity (Wildman–Crippen MR) is 111 cm³/mol. The summed E-state index contributed by atoms with van der Waals surface area (Å²) in [4.78, 5) is 17.3. The third-order valence-electron chi connectivity index (χ3n) is 5.49. The Morgan fingerprint density at radius 1 is 1.25 bits per heavy atom. The second kappa shape index (κ2) is 7.45. The second-order valence-corrected chi connectivity index (χ2v) is 8.20. The Balaban J connectivity index is 1.20. The summed E-state index contributed by atoms with van der Waals surface area (Å²) in [5, 5.41) is 6.59. The minimum atomic E-state index is -0.0705. The molecule has 0 amide bonds. The van der Waals surface area contributed by atoms with Gasteiger partial charge in [-0.25, -0.2) is 0 Å². The maximum absolute atomic E-state index is 12.7. The molecule has 144 valence electrons. The number of H-pyrrole nitrogens is 1. The zero-order chi connectivity index (χ0) is 18.9. The first kappa shape index (κ1) is 17.5. The van der Waals surface area contributed by atoms with Crippen LogP contribution in [0.1, 0.15) is 29.7 Å². The van der Waals surface area contributed by atoms with Crippen molar-refractivity contribution in [2.75, 3.05) is 13.3 Å². The van der Waals surface area contributed by atoms with Gasteiger partial charge in [-0.15, -0.1) is 11.3 Å². The van der Waals surface area contributed by atoms with Gasteiger partial charge in [0, 0.05) is 41.0 Å². The Kier molecular flexibility index (Phi) is 4.66. The van der Waals surface area contributed by atoms with Crippen molar-refractivity contribution in [1.82, 2.24) is 10.3 Å². The van der Waals surface area contributed by atoms with Crippen LogP contribution in [0.4, 0.5) is 0 Å². The van der Waals surface area contributed by atoms with E-state index in [-0.39, 0.29) is 12.8 Å². The summed E-state index contributed by atoms with van der Waals surface area (Å²) in [7, 11) is 0. The van der Waals surface area contributed by atoms with E-state index in [0.717, 1.165) is 48.2 Å². The molecule has 1 aromatic carbocycles. The molecule has 1 unspecified atom stereocenters. The molecule has 2 aliphatic heterocycles. The molecule has 0 fully saturated rings. The molecule has 2 aliphatic rings. The molecular weight excluding hydrogens is 372 g/mol. The zero-order valence-electron chi connectivity index (χ0n) is 15.5. The fraction of sp³-hybridized carbons (Fsp3) is 0.318. The lowest BCUT2D eigenvalue weighted by Gasteiger charge is -2.22. The molecule has 3 aromatic rings. The Hall–Kier alpha value is -2.57. The summed E-state index contributed by atoms with van der Waals surface area (Å²) in [6.07, 6.45) is 7.32. The molecule has 5 rings (SSSR count). The highest BCUT2D eigenvalue weighted by molar-refractivity contribution is 7.11. The minimum absolute atomic E-state index is 0.0705. The van der Waals surface area contributed by atoms with Crippen LogP contribution in [0, 0.1) is 0 Å². The molecule has 4 heterocycles. The monoisotopic (exact) mass is 394 g/mol. The molecule has 0 aliphatic carbocycles. The standard InChI is InChI=1S/C22H22N2O3S/c25-19(18-9-14(6-7-23-18)22-5-2-8-28-22)4-1-3-15-12-24-17-11-21-20(10-16(15)17)26-13-27-21/h2,5-6,8,10-12,18,23-24H,1,3-4,7,9,13H2. The normalized spacial score (nSPS) is 18.4. The number of aromatic nitrogens is 1. The van der Waals surface area contributed by atoms with E-state index in [1.807, 2.05) is 18.3 Å². The van der Waals surface area contributed by atoms with Crippen molar-refractivity contribution >= 4 is 33.6 Å². The van der Waals surface area contributed by atoms with Crippen LogP contribution in [0.5, 0.6) is 11.5 Å². The molecule has 0 radical (unpaired) electrons. The molecule has 6 heteroatoms. The molecule has 0 spiro atoms. The Morgan fingerprint density at radius 2 is 2.14 bits per heavy atom. The van der Waals surface area contributed by atoms with Crippen LogP contribution in [0.25, 0.3) is 16.5 Å². The van der Waals surface area contributed by atoms with E-state index in [2.05, 4.69) is 33.9 Å². The van der Waals surface area contributed by atoms with Crippen LogP contribution >= 0.6 is 11.3 Å². The van der Waals surface area contributed by atoms with Gasteiger partial charge in [-0.05, 0) is 47.9 Å². The third-order valence-corrected chi connectivity index (χ3v) is 6.44. The van der Waals surface area contributed by atoms with Gasteiger partial charge in [-0.1, -0.05) is 12.1 Å². The number of hydrogen-bond acceptors (Lipinski definition) is 5. The highest BCUT2D eigenvalue weighted by atomic mass is 32.1. The van der Waals surface area contributed by atoms with Crippen LogP contribution in [-0.2, 0) is 11.2 Å². The molecule has 1 atom stereocenters. The van der Waals surface area contributed by atoms with E-state index < -0.39 is 0 Å². The second-order valence-electron chi connectivity index (χ2n) is 7.26. The van der Waals surface area contributed by atoms with Crippen molar-refractivity contribution in [2.45, 2.75) is 31.7 Å². The van der Waals surface area contributed by atoms with Gasteiger partial charge in [0.05, 0.1) is 6.04 Å². The smallest absolute Gasteiger partial charge is 0.231 e. The number of carbonyl (C=O) groups excluding carboxylic acids is 1. The number of ether oxygens (including phenoxy) is 2. The maximum Gasteiger partial charge on any atom is 0.231 e. The Labute approximate surface area is 167 Å². The third kappa shape index (κ3) is 3.34. The van der Waals surface area contributed by atoms with E-state index in [1.54, 1.807) is 11.3 Å². The number of fused-ring (bicyclic) bond motifs is 2. The van der Waals surface area contributed by atoms with Gasteiger partial charge in [0.2, 0.25) is 6.79 Å². The first-order valence-corrected chi connectivity index (χ1v) is 10.5. The van der Waals surface area contributed by atoms with Crippen LogP contribution in [0.15, 0.2) is 41.9 Å². The van der Waals surface area contributed by atoms with Gasteiger partial charge in [0.1, 0.15) is 5.78 Å². The number of benzene rings is 1. The number of carbonyl (C=O) groups is 1. The predicted octanol–water partition coefficient (Wildman–Crippen LogP) is 4.30. The van der Waals surface area contributed by atoms with Crippen LogP contribution in [-0.4, -0.2) is 30.1 Å². The number of aromatic amines is 1. The van der Waals surface area contributed by atoms with Crippen molar-refractivity contribution in [3.05, 3.63) is 52.4 Å². The molecule has 2 aromatic heterocycles. The van der Waals surface area contributed by atoms with Crippen molar-refractivity contribution < 1.29 is 14.3 Å². The molecule has 2 N–H and O–H groups in total. The van der Waals surface area contributed by atoms with E-state index in [4.69, 9.17) is 9.47 Å². The van der Waals surface area contributed by atoms with Crippen LogP contribution in [0.3, 0.4) is 0 Å².